The van der Waals surface area contributed by atoms with Crippen LogP contribution >= 0.6 is 0 Å². The van der Waals surface area contributed by atoms with Crippen LogP contribution in [0, 0.1) is 0 Å². The van der Waals surface area contributed by atoms with Gasteiger partial charge in [-0.3, -0.25) is 9.69 Å². The number of piperazine rings is 1. The molecule has 1 amide bonds. The predicted octanol–water partition coefficient (Wildman–Crippen LogP) is 1.77. The summed E-state index contributed by atoms with van der Waals surface area (Å²) >= 11 is 0. The predicted molar refractivity (Wildman–Crippen MR) is 93.3 cm³/mol. The van der Waals surface area contributed by atoms with E-state index in [-0.39, 0.29) is 12.0 Å². The second-order valence-corrected chi connectivity index (χ2v) is 6.34. The monoisotopic (exact) mass is 319 g/mol. The van der Waals surface area contributed by atoms with E-state index in [1.807, 2.05) is 29.2 Å². The number of carbonyl (C=O) groups is 1. The van der Waals surface area contributed by atoms with Gasteiger partial charge in [-0.05, 0) is 31.9 Å². The number of nitrogens with two attached hydrogens (primary N) is 1. The summed E-state index contributed by atoms with van der Waals surface area (Å²) in [6, 6.07) is 7.77. The number of nitrogen functional groups attached to an aromatic ring is 1. The third-order valence-corrected chi connectivity index (χ3v) is 4.25. The molecule has 1 aromatic carbocycles. The van der Waals surface area contributed by atoms with Crippen LogP contribution in [-0.4, -0.2) is 61.1 Å². The topological polar surface area (TPSA) is 58.8 Å². The molecule has 1 heterocycles. The summed E-state index contributed by atoms with van der Waals surface area (Å²) in [6.45, 7) is 9.29. The van der Waals surface area contributed by atoms with Crippen LogP contribution in [0.3, 0.4) is 0 Å². The van der Waals surface area contributed by atoms with E-state index in [0.717, 1.165) is 50.6 Å². The van der Waals surface area contributed by atoms with Crippen LogP contribution in [0.25, 0.3) is 0 Å². The molecule has 0 aromatic heterocycles. The third kappa shape index (κ3) is 5.84. The molecule has 0 radical (unpaired) electrons. The molecule has 0 spiro atoms. The molecule has 0 bridgehead atoms. The van der Waals surface area contributed by atoms with E-state index < -0.39 is 0 Å². The van der Waals surface area contributed by atoms with E-state index in [1.165, 1.54) is 0 Å². The van der Waals surface area contributed by atoms with Crippen molar-refractivity contribution >= 4 is 11.6 Å². The lowest BCUT2D eigenvalue weighted by Crippen LogP contribution is -2.49. The van der Waals surface area contributed by atoms with Crippen molar-refractivity contribution in [2.45, 2.75) is 32.8 Å². The number of aryl methyl sites for hydroxylation is 1. The van der Waals surface area contributed by atoms with Crippen LogP contribution in [0.5, 0.6) is 0 Å². The molecule has 1 saturated heterocycles. The van der Waals surface area contributed by atoms with Gasteiger partial charge in [0, 0.05) is 44.8 Å². The summed E-state index contributed by atoms with van der Waals surface area (Å²) in [5.41, 5.74) is 7.76. The minimum atomic E-state index is 0.228. The zero-order valence-electron chi connectivity index (χ0n) is 14.3. The minimum Gasteiger partial charge on any atom is -0.399 e. The summed E-state index contributed by atoms with van der Waals surface area (Å²) < 4.78 is 5.58. The van der Waals surface area contributed by atoms with E-state index in [4.69, 9.17) is 10.5 Å². The summed E-state index contributed by atoms with van der Waals surface area (Å²) in [4.78, 5) is 16.7. The van der Waals surface area contributed by atoms with Gasteiger partial charge in [-0.1, -0.05) is 18.2 Å². The largest absolute Gasteiger partial charge is 0.399 e. The Kier molecular flexibility index (Phi) is 6.86. The fraction of sp³-hybridized carbons (Fsp3) is 0.611. The molecule has 1 aliphatic rings. The highest BCUT2D eigenvalue weighted by Crippen LogP contribution is 2.14. The van der Waals surface area contributed by atoms with E-state index in [1.54, 1.807) is 0 Å². The zero-order chi connectivity index (χ0) is 16.7. The number of hydrogen-bond donors (Lipinski definition) is 1. The Bertz CT molecular complexity index is 497. The summed E-state index contributed by atoms with van der Waals surface area (Å²) in [5.74, 6) is 0.228. The van der Waals surface area contributed by atoms with Gasteiger partial charge in [0.05, 0.1) is 12.7 Å². The lowest BCUT2D eigenvalue weighted by atomic mass is 10.1. The quantitative estimate of drug-likeness (QED) is 0.778. The average Bonchev–Trinajstić information content (AvgIpc) is 2.54. The molecule has 2 N–H and O–H groups in total. The molecule has 2 rings (SSSR count). The lowest BCUT2D eigenvalue weighted by molar-refractivity contribution is -0.133. The molecule has 23 heavy (non-hydrogen) atoms. The third-order valence-electron chi connectivity index (χ3n) is 4.25. The Balaban J connectivity index is 1.68. The van der Waals surface area contributed by atoms with Crippen molar-refractivity contribution < 1.29 is 9.53 Å². The average molecular weight is 319 g/mol. The number of anilines is 1. The number of hydrogen-bond acceptors (Lipinski definition) is 4. The Morgan fingerprint density at radius 1 is 1.22 bits per heavy atom. The normalized spacial score (nSPS) is 16.0. The molecule has 0 unspecified atom stereocenters. The smallest absolute Gasteiger partial charge is 0.222 e. The fourth-order valence-electron chi connectivity index (χ4n) is 2.80. The van der Waals surface area contributed by atoms with Gasteiger partial charge < -0.3 is 15.4 Å². The van der Waals surface area contributed by atoms with Crippen LogP contribution in [0.1, 0.15) is 25.8 Å². The molecular formula is C18H29N3O2. The van der Waals surface area contributed by atoms with Gasteiger partial charge in [-0.15, -0.1) is 0 Å². The Morgan fingerprint density at radius 3 is 2.57 bits per heavy atom. The molecule has 5 nitrogen and oxygen atoms in total. The Hall–Kier alpha value is -1.59. The first-order chi connectivity index (χ1) is 11.1. The molecule has 1 fully saturated rings. The van der Waals surface area contributed by atoms with E-state index in [9.17, 15) is 4.79 Å². The van der Waals surface area contributed by atoms with Gasteiger partial charge in [0.25, 0.3) is 0 Å². The fourth-order valence-corrected chi connectivity index (χ4v) is 2.80. The van der Waals surface area contributed by atoms with Crippen molar-refractivity contribution in [1.82, 2.24) is 9.80 Å². The van der Waals surface area contributed by atoms with Crippen molar-refractivity contribution in [3.8, 4) is 0 Å². The molecule has 0 saturated carbocycles. The van der Waals surface area contributed by atoms with Gasteiger partial charge in [-0.25, -0.2) is 0 Å². The highest BCUT2D eigenvalue weighted by molar-refractivity contribution is 5.76. The summed E-state index contributed by atoms with van der Waals surface area (Å²) in [6.07, 6.45) is 1.53. The Labute approximate surface area is 139 Å². The lowest BCUT2D eigenvalue weighted by Gasteiger charge is -2.34. The number of benzene rings is 1. The van der Waals surface area contributed by atoms with Gasteiger partial charge in [-0.2, -0.15) is 0 Å². The number of para-hydroxylation sites is 1. The van der Waals surface area contributed by atoms with Crippen molar-refractivity contribution in [3.63, 3.8) is 0 Å². The number of rotatable bonds is 7. The first-order valence-corrected chi connectivity index (χ1v) is 8.51. The second kappa shape index (κ2) is 8.89. The standard InChI is InChI=1S/C18H29N3O2/c1-15(2)23-14-13-20-9-11-21(12-10-20)18(22)8-7-16-5-3-4-6-17(16)19/h3-6,15H,7-14,19H2,1-2H3. The highest BCUT2D eigenvalue weighted by Gasteiger charge is 2.20. The second-order valence-electron chi connectivity index (χ2n) is 6.34. The van der Waals surface area contributed by atoms with Crippen molar-refractivity contribution in [3.05, 3.63) is 29.8 Å². The van der Waals surface area contributed by atoms with Crippen LogP contribution in [-0.2, 0) is 16.0 Å². The van der Waals surface area contributed by atoms with Crippen LogP contribution in [0.2, 0.25) is 0 Å². The number of nitrogens with zero attached hydrogens (tertiary/aromatic N) is 2. The molecular weight excluding hydrogens is 290 g/mol. The molecule has 1 aromatic rings. The van der Waals surface area contributed by atoms with Gasteiger partial charge in [0.2, 0.25) is 5.91 Å². The number of amides is 1. The van der Waals surface area contributed by atoms with E-state index in [0.29, 0.717) is 12.8 Å². The first-order valence-electron chi connectivity index (χ1n) is 8.51. The van der Waals surface area contributed by atoms with E-state index >= 15 is 0 Å². The Morgan fingerprint density at radius 2 is 1.91 bits per heavy atom. The molecule has 1 aliphatic heterocycles. The van der Waals surface area contributed by atoms with Gasteiger partial charge >= 0.3 is 0 Å². The van der Waals surface area contributed by atoms with Gasteiger partial charge in [0.15, 0.2) is 0 Å². The molecule has 5 heteroatoms. The summed E-state index contributed by atoms with van der Waals surface area (Å²) in [7, 11) is 0. The minimum absolute atomic E-state index is 0.228. The van der Waals surface area contributed by atoms with Crippen molar-refractivity contribution in [1.29, 1.82) is 0 Å². The van der Waals surface area contributed by atoms with Crippen molar-refractivity contribution in [2.75, 3.05) is 45.1 Å². The maximum absolute atomic E-state index is 12.3. The van der Waals surface area contributed by atoms with Gasteiger partial charge in [0.1, 0.15) is 0 Å². The SMILES string of the molecule is CC(C)OCCN1CCN(C(=O)CCc2ccccc2N)CC1. The summed E-state index contributed by atoms with van der Waals surface area (Å²) in [5, 5.41) is 0. The van der Waals surface area contributed by atoms with Crippen LogP contribution in [0.15, 0.2) is 24.3 Å². The number of carbonyl (C=O) groups excluding carboxylic acids is 1. The van der Waals surface area contributed by atoms with Crippen LogP contribution < -0.4 is 5.73 Å². The zero-order valence-corrected chi connectivity index (χ0v) is 14.3. The van der Waals surface area contributed by atoms with Crippen molar-refractivity contribution in [2.24, 2.45) is 0 Å². The maximum Gasteiger partial charge on any atom is 0.222 e. The van der Waals surface area contributed by atoms with E-state index in [2.05, 4.69) is 18.7 Å². The maximum atomic E-state index is 12.3. The molecule has 0 atom stereocenters. The van der Waals surface area contributed by atoms with Crippen LogP contribution in [0.4, 0.5) is 5.69 Å². The first kappa shape index (κ1) is 17.8. The highest BCUT2D eigenvalue weighted by atomic mass is 16.5. The molecule has 128 valence electrons. The molecule has 0 aliphatic carbocycles. The number of ether oxygens (including phenoxy) is 1.